The third-order valence-electron chi connectivity index (χ3n) is 5.60. The van der Waals surface area contributed by atoms with Crippen molar-refractivity contribution in [3.8, 4) is 17.0 Å². The van der Waals surface area contributed by atoms with Gasteiger partial charge >= 0.3 is 5.97 Å². The van der Waals surface area contributed by atoms with Crippen LogP contribution in [0.4, 0.5) is 10.2 Å². The molecule has 0 radical (unpaired) electrons. The van der Waals surface area contributed by atoms with Gasteiger partial charge in [-0.2, -0.15) is 0 Å². The lowest BCUT2D eigenvalue weighted by Crippen LogP contribution is -2.07. The molecule has 6 nitrogen and oxygen atoms in total. The van der Waals surface area contributed by atoms with E-state index in [1.54, 1.807) is 29.5 Å². The number of anilines is 1. The van der Waals surface area contributed by atoms with Gasteiger partial charge in [0.05, 0.1) is 18.7 Å². The van der Waals surface area contributed by atoms with Gasteiger partial charge in [-0.05, 0) is 61.9 Å². The number of hydrogen-bond acceptors (Lipinski definition) is 6. The van der Waals surface area contributed by atoms with Crippen LogP contribution in [0.2, 0.25) is 0 Å². The van der Waals surface area contributed by atoms with Crippen LogP contribution in [0.3, 0.4) is 0 Å². The Morgan fingerprint density at radius 3 is 2.76 bits per heavy atom. The lowest BCUT2D eigenvalue weighted by molar-refractivity contribution is -0.136. The van der Waals surface area contributed by atoms with Crippen molar-refractivity contribution in [1.29, 1.82) is 0 Å². The number of fused-ring (bicyclic) bond motifs is 1. The first-order valence-electron chi connectivity index (χ1n) is 11.1. The zero-order valence-electron chi connectivity index (χ0n) is 19.3. The van der Waals surface area contributed by atoms with Crippen molar-refractivity contribution >= 4 is 33.2 Å². The molecular weight excluding hydrogens is 453 g/mol. The molecule has 0 bridgehead atoms. The summed E-state index contributed by atoms with van der Waals surface area (Å²) in [5.74, 6) is 0.0991. The Hall–Kier alpha value is -3.52. The number of aryl methyl sites for hydroxylation is 2. The third-order valence-corrected chi connectivity index (χ3v) is 6.90. The average molecular weight is 480 g/mol. The van der Waals surface area contributed by atoms with Gasteiger partial charge in [0, 0.05) is 33.3 Å². The van der Waals surface area contributed by atoms with Crippen molar-refractivity contribution in [2.24, 2.45) is 0 Å². The highest BCUT2D eigenvalue weighted by molar-refractivity contribution is 7.19. The predicted octanol–water partition coefficient (Wildman–Crippen LogP) is 5.79. The number of thiophene rings is 1. The minimum atomic E-state index is -0.909. The molecule has 0 unspecified atom stereocenters. The molecular formula is C26H26FN3O3S. The summed E-state index contributed by atoms with van der Waals surface area (Å²) in [6, 6.07) is 10.5. The molecule has 4 aromatic rings. The van der Waals surface area contributed by atoms with Crippen molar-refractivity contribution < 1.29 is 19.0 Å². The van der Waals surface area contributed by atoms with Gasteiger partial charge < -0.3 is 15.2 Å². The van der Waals surface area contributed by atoms with E-state index in [9.17, 15) is 9.18 Å². The molecule has 2 N–H and O–H groups in total. The van der Waals surface area contributed by atoms with Gasteiger partial charge in [-0.1, -0.05) is 12.1 Å². The Kier molecular flexibility index (Phi) is 7.07. The van der Waals surface area contributed by atoms with Gasteiger partial charge in [-0.25, -0.2) is 14.4 Å². The van der Waals surface area contributed by atoms with Crippen molar-refractivity contribution in [2.45, 2.75) is 33.6 Å². The summed E-state index contributed by atoms with van der Waals surface area (Å²) in [6.07, 6.45) is 2.13. The van der Waals surface area contributed by atoms with Crippen LogP contribution < -0.4 is 10.1 Å². The highest BCUT2D eigenvalue weighted by Crippen LogP contribution is 2.34. The Morgan fingerprint density at radius 1 is 1.18 bits per heavy atom. The molecule has 0 aliphatic heterocycles. The van der Waals surface area contributed by atoms with Crippen LogP contribution in [0, 0.1) is 19.7 Å². The molecule has 0 amide bonds. The molecule has 0 saturated heterocycles. The first-order valence-corrected chi connectivity index (χ1v) is 11.9. The first kappa shape index (κ1) is 23.6. The normalized spacial score (nSPS) is 11.1. The number of hydrogen-bond donors (Lipinski definition) is 2. The second kappa shape index (κ2) is 10.2. The highest BCUT2D eigenvalue weighted by atomic mass is 32.1. The second-order valence-electron chi connectivity index (χ2n) is 8.03. The quantitative estimate of drug-likeness (QED) is 0.316. The van der Waals surface area contributed by atoms with E-state index in [2.05, 4.69) is 22.2 Å². The van der Waals surface area contributed by atoms with E-state index in [4.69, 9.17) is 9.84 Å². The maximum Gasteiger partial charge on any atom is 0.307 e. The molecule has 0 fully saturated rings. The van der Waals surface area contributed by atoms with Crippen LogP contribution in [0.25, 0.3) is 21.3 Å². The fraction of sp³-hybridized carbons (Fsp3) is 0.269. The van der Waals surface area contributed by atoms with Crippen LogP contribution in [0.15, 0.2) is 42.7 Å². The summed E-state index contributed by atoms with van der Waals surface area (Å²) in [4.78, 5) is 21.0. The molecule has 2 aromatic heterocycles. The van der Waals surface area contributed by atoms with Crippen LogP contribution in [0.1, 0.15) is 28.5 Å². The van der Waals surface area contributed by atoms with E-state index in [1.807, 2.05) is 32.0 Å². The number of aromatic nitrogens is 2. The van der Waals surface area contributed by atoms with Crippen LogP contribution in [-0.2, 0) is 17.6 Å². The number of carbonyl (C=O) groups is 1. The molecule has 0 spiro atoms. The largest absolute Gasteiger partial charge is 0.494 e. The Morgan fingerprint density at radius 2 is 2.00 bits per heavy atom. The van der Waals surface area contributed by atoms with E-state index in [0.29, 0.717) is 36.0 Å². The third kappa shape index (κ3) is 5.17. The van der Waals surface area contributed by atoms with Gasteiger partial charge in [0.2, 0.25) is 0 Å². The molecule has 0 saturated carbocycles. The Balaban J connectivity index is 1.51. The van der Waals surface area contributed by atoms with Crippen LogP contribution in [0.5, 0.6) is 5.75 Å². The highest BCUT2D eigenvalue weighted by Gasteiger charge is 2.13. The summed E-state index contributed by atoms with van der Waals surface area (Å²) in [7, 11) is 0. The Labute approximate surface area is 201 Å². The summed E-state index contributed by atoms with van der Waals surface area (Å²) in [5.41, 5.74) is 4.25. The first-order chi connectivity index (χ1) is 16.4. The van der Waals surface area contributed by atoms with Gasteiger partial charge in [0.1, 0.15) is 23.7 Å². The second-order valence-corrected chi connectivity index (χ2v) is 9.25. The number of rotatable bonds is 9. The standard InChI is InChI=1S/C26H26FN3O3S/c1-4-33-23-10-17(5-6-18(23)11-25(31)32)22-13-24(30-14-29-22)28-8-7-20-16(3)34-26-15(2)9-19(27)12-21(20)26/h5-6,9-10,12-14H,4,7-8,11H2,1-3H3,(H,31,32)(H,28,29,30). The summed E-state index contributed by atoms with van der Waals surface area (Å²) in [5, 5.41) is 13.5. The lowest BCUT2D eigenvalue weighted by atomic mass is 10.0. The number of nitrogens with zero attached hydrogens (tertiary/aromatic N) is 2. The number of nitrogens with one attached hydrogen (secondary N) is 1. The number of carboxylic acids is 1. The number of benzene rings is 2. The SMILES string of the molecule is CCOc1cc(-c2cc(NCCc3c(C)sc4c(C)cc(F)cc34)ncn2)ccc1CC(=O)O. The van der Waals surface area contributed by atoms with Crippen LogP contribution in [-0.4, -0.2) is 34.2 Å². The predicted molar refractivity (Wildman–Crippen MR) is 133 cm³/mol. The van der Waals surface area contributed by atoms with Crippen molar-refractivity contribution in [2.75, 3.05) is 18.5 Å². The van der Waals surface area contributed by atoms with E-state index in [-0.39, 0.29) is 12.2 Å². The molecule has 2 aromatic carbocycles. The minimum absolute atomic E-state index is 0.105. The van der Waals surface area contributed by atoms with Crippen molar-refractivity contribution in [1.82, 2.24) is 9.97 Å². The van der Waals surface area contributed by atoms with Crippen molar-refractivity contribution in [3.05, 3.63) is 70.1 Å². The van der Waals surface area contributed by atoms with Crippen LogP contribution >= 0.6 is 11.3 Å². The average Bonchev–Trinajstić information content (AvgIpc) is 3.11. The fourth-order valence-electron chi connectivity index (χ4n) is 4.04. The molecule has 2 heterocycles. The monoisotopic (exact) mass is 479 g/mol. The molecule has 0 aliphatic rings. The zero-order chi connectivity index (χ0) is 24.2. The lowest BCUT2D eigenvalue weighted by Gasteiger charge is -2.12. The summed E-state index contributed by atoms with van der Waals surface area (Å²) >= 11 is 1.70. The van der Waals surface area contributed by atoms with Gasteiger partial charge in [0.25, 0.3) is 0 Å². The topological polar surface area (TPSA) is 84.3 Å². The Bertz CT molecular complexity index is 1350. The molecule has 0 aliphatic carbocycles. The maximum atomic E-state index is 14.0. The van der Waals surface area contributed by atoms with Gasteiger partial charge in [0.15, 0.2) is 0 Å². The van der Waals surface area contributed by atoms with E-state index >= 15 is 0 Å². The fourth-order valence-corrected chi connectivity index (χ4v) is 5.20. The smallest absolute Gasteiger partial charge is 0.307 e. The zero-order valence-corrected chi connectivity index (χ0v) is 20.1. The number of aliphatic carboxylic acids is 1. The van der Waals surface area contributed by atoms with E-state index in [1.165, 1.54) is 11.2 Å². The van der Waals surface area contributed by atoms with E-state index in [0.717, 1.165) is 33.2 Å². The number of carboxylic acid groups (broad SMARTS) is 1. The van der Waals surface area contributed by atoms with Gasteiger partial charge in [-0.15, -0.1) is 11.3 Å². The molecule has 0 atom stereocenters. The molecule has 8 heteroatoms. The van der Waals surface area contributed by atoms with Gasteiger partial charge in [-0.3, -0.25) is 4.79 Å². The summed E-state index contributed by atoms with van der Waals surface area (Å²) < 4.78 is 20.8. The maximum absolute atomic E-state index is 14.0. The molecule has 34 heavy (non-hydrogen) atoms. The number of halogens is 1. The van der Waals surface area contributed by atoms with Crippen molar-refractivity contribution in [3.63, 3.8) is 0 Å². The minimum Gasteiger partial charge on any atom is -0.494 e. The molecule has 176 valence electrons. The number of ether oxygens (including phenoxy) is 1. The van der Waals surface area contributed by atoms with E-state index < -0.39 is 5.97 Å². The molecule has 4 rings (SSSR count). The summed E-state index contributed by atoms with van der Waals surface area (Å²) in [6.45, 7) is 6.95.